The SMILES string of the molecule is CCNCc1cc(=O)[nH]c(CSc2ccc(F)cc2)n1. The third-order valence-electron chi connectivity index (χ3n) is 2.59. The first-order chi connectivity index (χ1) is 9.67. The molecule has 0 aliphatic carbocycles. The van der Waals surface area contributed by atoms with Crippen LogP contribution in [0.5, 0.6) is 0 Å². The van der Waals surface area contributed by atoms with E-state index in [4.69, 9.17) is 0 Å². The van der Waals surface area contributed by atoms with Gasteiger partial charge in [-0.25, -0.2) is 9.37 Å². The second-order valence-electron chi connectivity index (χ2n) is 4.21. The number of rotatable bonds is 6. The minimum atomic E-state index is -0.256. The monoisotopic (exact) mass is 293 g/mol. The van der Waals surface area contributed by atoms with Crippen molar-refractivity contribution in [2.24, 2.45) is 0 Å². The maximum absolute atomic E-state index is 12.8. The van der Waals surface area contributed by atoms with Crippen LogP contribution < -0.4 is 10.9 Å². The molecule has 0 saturated carbocycles. The van der Waals surface area contributed by atoms with Crippen molar-refractivity contribution in [3.05, 3.63) is 58.0 Å². The topological polar surface area (TPSA) is 57.8 Å². The van der Waals surface area contributed by atoms with Crippen molar-refractivity contribution in [1.29, 1.82) is 0 Å². The molecule has 0 fully saturated rings. The number of hydrogen-bond donors (Lipinski definition) is 2. The van der Waals surface area contributed by atoms with Crippen molar-refractivity contribution in [1.82, 2.24) is 15.3 Å². The van der Waals surface area contributed by atoms with E-state index in [0.29, 0.717) is 18.1 Å². The quantitative estimate of drug-likeness (QED) is 0.803. The number of halogens is 1. The van der Waals surface area contributed by atoms with Gasteiger partial charge in [0.25, 0.3) is 5.56 Å². The van der Waals surface area contributed by atoms with Crippen LogP contribution in [0.1, 0.15) is 18.4 Å². The summed E-state index contributed by atoms with van der Waals surface area (Å²) in [7, 11) is 0. The van der Waals surface area contributed by atoms with E-state index in [1.54, 1.807) is 12.1 Å². The van der Waals surface area contributed by atoms with Gasteiger partial charge in [0, 0.05) is 17.5 Å². The minimum Gasteiger partial charge on any atom is -0.311 e. The van der Waals surface area contributed by atoms with Crippen molar-refractivity contribution in [3.8, 4) is 0 Å². The van der Waals surface area contributed by atoms with Gasteiger partial charge in [-0.3, -0.25) is 4.79 Å². The van der Waals surface area contributed by atoms with E-state index in [1.165, 1.54) is 30.0 Å². The van der Waals surface area contributed by atoms with Gasteiger partial charge < -0.3 is 10.3 Å². The molecule has 0 amide bonds. The predicted molar refractivity (Wildman–Crippen MR) is 78.2 cm³/mol. The first-order valence-electron chi connectivity index (χ1n) is 6.35. The Morgan fingerprint density at radius 1 is 1.35 bits per heavy atom. The Morgan fingerprint density at radius 2 is 2.10 bits per heavy atom. The molecule has 2 aromatic rings. The number of benzene rings is 1. The predicted octanol–water partition coefficient (Wildman–Crippen LogP) is 2.31. The molecule has 2 rings (SSSR count). The summed E-state index contributed by atoms with van der Waals surface area (Å²) in [4.78, 5) is 19.6. The Morgan fingerprint density at radius 3 is 2.80 bits per heavy atom. The largest absolute Gasteiger partial charge is 0.311 e. The number of hydrogen-bond acceptors (Lipinski definition) is 4. The Labute approximate surface area is 120 Å². The molecule has 0 radical (unpaired) electrons. The van der Waals surface area contributed by atoms with Crippen LogP contribution in [-0.2, 0) is 12.3 Å². The summed E-state index contributed by atoms with van der Waals surface area (Å²) >= 11 is 1.50. The second kappa shape index (κ2) is 7.21. The van der Waals surface area contributed by atoms with E-state index in [2.05, 4.69) is 15.3 Å². The van der Waals surface area contributed by atoms with Gasteiger partial charge in [-0.05, 0) is 30.8 Å². The molecule has 1 aromatic carbocycles. The molecule has 2 N–H and O–H groups in total. The number of H-pyrrole nitrogens is 1. The lowest BCUT2D eigenvalue weighted by Gasteiger charge is -2.05. The van der Waals surface area contributed by atoms with Gasteiger partial charge in [0.2, 0.25) is 0 Å². The Bertz CT molecular complexity index is 613. The molecule has 0 atom stereocenters. The fourth-order valence-electron chi connectivity index (χ4n) is 1.66. The van der Waals surface area contributed by atoms with E-state index in [9.17, 15) is 9.18 Å². The van der Waals surface area contributed by atoms with Crippen LogP contribution in [-0.4, -0.2) is 16.5 Å². The van der Waals surface area contributed by atoms with Crippen molar-refractivity contribution in [2.45, 2.75) is 24.1 Å². The van der Waals surface area contributed by atoms with Gasteiger partial charge in [0.15, 0.2) is 0 Å². The highest BCUT2D eigenvalue weighted by atomic mass is 32.2. The zero-order valence-electron chi connectivity index (χ0n) is 11.1. The maximum atomic E-state index is 12.8. The van der Waals surface area contributed by atoms with Crippen molar-refractivity contribution in [2.75, 3.05) is 6.54 Å². The molecular weight excluding hydrogens is 277 g/mol. The van der Waals surface area contributed by atoms with E-state index in [1.807, 2.05) is 6.92 Å². The summed E-state index contributed by atoms with van der Waals surface area (Å²) in [6.45, 7) is 3.40. The number of thioether (sulfide) groups is 1. The lowest BCUT2D eigenvalue weighted by Crippen LogP contribution is -2.18. The first-order valence-corrected chi connectivity index (χ1v) is 7.34. The maximum Gasteiger partial charge on any atom is 0.251 e. The van der Waals surface area contributed by atoms with Gasteiger partial charge >= 0.3 is 0 Å². The number of nitrogens with zero attached hydrogens (tertiary/aromatic N) is 1. The summed E-state index contributed by atoms with van der Waals surface area (Å²) in [6.07, 6.45) is 0. The van der Waals surface area contributed by atoms with Crippen LogP contribution in [0.4, 0.5) is 4.39 Å². The molecule has 0 bridgehead atoms. The van der Waals surface area contributed by atoms with Crippen LogP contribution in [0.25, 0.3) is 0 Å². The van der Waals surface area contributed by atoms with Gasteiger partial charge in [-0.15, -0.1) is 11.8 Å². The molecule has 4 nitrogen and oxygen atoms in total. The van der Waals surface area contributed by atoms with Gasteiger partial charge in [0.05, 0.1) is 11.4 Å². The van der Waals surface area contributed by atoms with E-state index < -0.39 is 0 Å². The van der Waals surface area contributed by atoms with Crippen LogP contribution in [0, 0.1) is 5.82 Å². The molecule has 0 spiro atoms. The molecule has 1 heterocycles. The van der Waals surface area contributed by atoms with Crippen LogP contribution >= 0.6 is 11.8 Å². The third kappa shape index (κ3) is 4.47. The summed E-state index contributed by atoms with van der Waals surface area (Å²) in [5.74, 6) is 0.911. The zero-order valence-corrected chi connectivity index (χ0v) is 12.0. The summed E-state index contributed by atoms with van der Waals surface area (Å²) in [5, 5.41) is 3.14. The first kappa shape index (κ1) is 14.7. The van der Waals surface area contributed by atoms with Crippen molar-refractivity contribution >= 4 is 11.8 Å². The summed E-state index contributed by atoms with van der Waals surface area (Å²) in [6, 6.07) is 7.75. The lowest BCUT2D eigenvalue weighted by atomic mass is 10.4. The van der Waals surface area contributed by atoms with Crippen LogP contribution in [0.2, 0.25) is 0 Å². The van der Waals surface area contributed by atoms with E-state index >= 15 is 0 Å². The smallest absolute Gasteiger partial charge is 0.251 e. The average Bonchev–Trinajstić information content (AvgIpc) is 2.44. The second-order valence-corrected chi connectivity index (χ2v) is 5.26. The molecule has 0 unspecified atom stereocenters. The molecule has 20 heavy (non-hydrogen) atoms. The molecule has 0 saturated heterocycles. The Balaban J connectivity index is 2.03. The van der Waals surface area contributed by atoms with Crippen molar-refractivity contribution in [3.63, 3.8) is 0 Å². The van der Waals surface area contributed by atoms with Crippen LogP contribution in [0.15, 0.2) is 40.0 Å². The molecule has 0 aliphatic heterocycles. The fourth-order valence-corrected chi connectivity index (χ4v) is 2.43. The van der Waals surface area contributed by atoms with Gasteiger partial charge in [-0.2, -0.15) is 0 Å². The normalized spacial score (nSPS) is 10.7. The Hall–Kier alpha value is -1.66. The minimum absolute atomic E-state index is 0.150. The van der Waals surface area contributed by atoms with Crippen LogP contribution in [0.3, 0.4) is 0 Å². The number of aromatic amines is 1. The summed E-state index contributed by atoms with van der Waals surface area (Å²) in [5.41, 5.74) is 0.577. The number of nitrogens with one attached hydrogen (secondary N) is 2. The molecule has 1 aromatic heterocycles. The summed E-state index contributed by atoms with van der Waals surface area (Å²) < 4.78 is 12.8. The highest BCUT2D eigenvalue weighted by Crippen LogP contribution is 2.21. The standard InChI is InChI=1S/C14H16FN3OS/c1-2-16-8-11-7-14(19)18-13(17-11)9-20-12-5-3-10(15)4-6-12/h3-7,16H,2,8-9H2,1H3,(H,17,18,19). The molecular formula is C14H16FN3OS. The van der Waals surface area contributed by atoms with E-state index in [-0.39, 0.29) is 11.4 Å². The molecule has 0 aliphatic rings. The highest BCUT2D eigenvalue weighted by molar-refractivity contribution is 7.98. The van der Waals surface area contributed by atoms with Gasteiger partial charge in [0.1, 0.15) is 11.6 Å². The fraction of sp³-hybridized carbons (Fsp3) is 0.286. The molecule has 106 valence electrons. The average molecular weight is 293 g/mol. The van der Waals surface area contributed by atoms with Gasteiger partial charge in [-0.1, -0.05) is 6.92 Å². The highest BCUT2D eigenvalue weighted by Gasteiger charge is 2.03. The number of aromatic nitrogens is 2. The third-order valence-corrected chi connectivity index (χ3v) is 3.61. The van der Waals surface area contributed by atoms with Crippen molar-refractivity contribution < 1.29 is 4.39 Å². The zero-order chi connectivity index (χ0) is 14.4. The Kier molecular flexibility index (Phi) is 5.31. The van der Waals surface area contributed by atoms with E-state index in [0.717, 1.165) is 17.1 Å². The molecule has 6 heteroatoms. The lowest BCUT2D eigenvalue weighted by molar-refractivity contribution is 0.626.